The molecule has 3 aromatic carbocycles. The molecule has 0 aliphatic rings. The van der Waals surface area contributed by atoms with Crippen LogP contribution in [0.25, 0.3) is 5.69 Å². The van der Waals surface area contributed by atoms with E-state index in [2.05, 4.69) is 21.6 Å². The Morgan fingerprint density at radius 1 is 1.05 bits per heavy atom. The summed E-state index contributed by atoms with van der Waals surface area (Å²) in [6, 6.07) is 18.8. The number of carbonyl (C=O) groups excluding carboxylic acids is 1. The minimum absolute atomic E-state index is 0.0260. The molecule has 0 spiro atoms. The maximum atomic E-state index is 13.3. The van der Waals surface area contributed by atoms with Gasteiger partial charge < -0.3 is 14.8 Å². The van der Waals surface area contributed by atoms with E-state index < -0.39 is 16.9 Å². The number of amides is 1. The van der Waals surface area contributed by atoms with E-state index in [9.17, 15) is 14.9 Å². The van der Waals surface area contributed by atoms with Crippen LogP contribution in [0.15, 0.2) is 71.9 Å². The van der Waals surface area contributed by atoms with Gasteiger partial charge in [-0.15, -0.1) is 10.2 Å². The maximum absolute atomic E-state index is 13.3. The van der Waals surface area contributed by atoms with Gasteiger partial charge in [0.15, 0.2) is 11.0 Å². The highest BCUT2D eigenvalue weighted by molar-refractivity contribution is 7.98. The molecule has 0 aliphatic heterocycles. The number of benzene rings is 3. The van der Waals surface area contributed by atoms with Crippen molar-refractivity contribution >= 4 is 23.4 Å². The summed E-state index contributed by atoms with van der Waals surface area (Å²) in [5, 5.41) is 23.5. The largest absolute Gasteiger partial charge is 0.496 e. The number of nitro groups is 1. The Hall–Kier alpha value is -4.38. The molecular weight excluding hydrogens is 506 g/mol. The fourth-order valence-electron chi connectivity index (χ4n) is 3.98. The molecule has 0 saturated heterocycles. The summed E-state index contributed by atoms with van der Waals surface area (Å²) in [6.45, 7) is 3.83. The molecule has 10 nitrogen and oxygen atoms in total. The van der Waals surface area contributed by atoms with Crippen molar-refractivity contribution in [3.63, 3.8) is 0 Å². The van der Waals surface area contributed by atoms with Crippen LogP contribution in [0.3, 0.4) is 0 Å². The van der Waals surface area contributed by atoms with E-state index in [4.69, 9.17) is 9.47 Å². The van der Waals surface area contributed by atoms with Crippen LogP contribution >= 0.6 is 11.8 Å². The molecule has 0 saturated carbocycles. The zero-order valence-electron chi connectivity index (χ0n) is 21.4. The highest BCUT2D eigenvalue weighted by Crippen LogP contribution is 2.31. The minimum atomic E-state index is -0.576. The number of hydrogen-bond donors (Lipinski definition) is 1. The summed E-state index contributed by atoms with van der Waals surface area (Å²) in [6.07, 6.45) is 0. The zero-order valence-corrected chi connectivity index (χ0v) is 22.2. The number of non-ortho nitro benzene ring substituents is 1. The second-order valence-corrected chi connectivity index (χ2v) is 9.40. The molecule has 0 bridgehead atoms. The van der Waals surface area contributed by atoms with Gasteiger partial charge in [0.05, 0.1) is 25.2 Å². The fourth-order valence-corrected chi connectivity index (χ4v) is 4.88. The van der Waals surface area contributed by atoms with Gasteiger partial charge in [-0.3, -0.25) is 19.5 Å². The lowest BCUT2D eigenvalue weighted by atomic mass is 10.1. The number of nitrogens with zero attached hydrogens (tertiary/aromatic N) is 4. The van der Waals surface area contributed by atoms with E-state index in [1.54, 1.807) is 41.8 Å². The average Bonchev–Trinajstić information content (AvgIpc) is 3.35. The lowest BCUT2D eigenvalue weighted by Gasteiger charge is -2.18. The quantitative estimate of drug-likeness (QED) is 0.166. The fraction of sp³-hybridized carbons (Fsp3) is 0.222. The second kappa shape index (κ2) is 11.8. The summed E-state index contributed by atoms with van der Waals surface area (Å²) in [5.41, 5.74) is 3.16. The van der Waals surface area contributed by atoms with Crippen molar-refractivity contribution in [3.05, 3.63) is 99.4 Å². The molecule has 11 heteroatoms. The molecule has 0 radical (unpaired) electrons. The van der Waals surface area contributed by atoms with Crippen LogP contribution in [0.5, 0.6) is 11.5 Å². The molecule has 1 heterocycles. The maximum Gasteiger partial charge on any atom is 0.269 e. The van der Waals surface area contributed by atoms with Gasteiger partial charge >= 0.3 is 0 Å². The number of nitro benzene ring substituents is 1. The highest BCUT2D eigenvalue weighted by atomic mass is 32.2. The lowest BCUT2D eigenvalue weighted by Crippen LogP contribution is -2.29. The molecule has 1 aromatic heterocycles. The third-order valence-corrected chi connectivity index (χ3v) is 6.82. The van der Waals surface area contributed by atoms with Gasteiger partial charge in [0.25, 0.3) is 11.6 Å². The van der Waals surface area contributed by atoms with Crippen LogP contribution in [0, 0.1) is 17.0 Å². The van der Waals surface area contributed by atoms with E-state index >= 15 is 0 Å². The molecule has 1 N–H and O–H groups in total. The van der Waals surface area contributed by atoms with Crippen LogP contribution in [-0.2, 0) is 5.75 Å². The predicted molar refractivity (Wildman–Crippen MR) is 144 cm³/mol. The first-order valence-corrected chi connectivity index (χ1v) is 12.7. The summed E-state index contributed by atoms with van der Waals surface area (Å²) < 4.78 is 12.5. The van der Waals surface area contributed by atoms with E-state index in [-0.39, 0.29) is 11.3 Å². The molecule has 0 aliphatic carbocycles. The van der Waals surface area contributed by atoms with E-state index in [0.717, 1.165) is 11.1 Å². The average molecular weight is 534 g/mol. The van der Waals surface area contributed by atoms with Gasteiger partial charge in [-0.25, -0.2) is 0 Å². The molecule has 1 atom stereocenters. The van der Waals surface area contributed by atoms with Gasteiger partial charge in [-0.2, -0.15) is 0 Å². The molecule has 1 amide bonds. The number of thioether (sulfide) groups is 1. The lowest BCUT2D eigenvalue weighted by molar-refractivity contribution is -0.384. The Balaban J connectivity index is 1.68. The van der Waals surface area contributed by atoms with Crippen molar-refractivity contribution in [1.29, 1.82) is 0 Å². The Bertz CT molecular complexity index is 1430. The summed E-state index contributed by atoms with van der Waals surface area (Å²) in [5.74, 6) is 1.46. The van der Waals surface area contributed by atoms with Crippen LogP contribution in [0.1, 0.15) is 40.3 Å². The predicted octanol–water partition coefficient (Wildman–Crippen LogP) is 5.28. The van der Waals surface area contributed by atoms with E-state index in [1.165, 1.54) is 38.1 Å². The standard InChI is InChI=1S/C27H27N5O5S/c1-17-7-5-8-19(15-17)16-38-27-30-29-25(31(27)20-11-13-21(14-12-20)32(34)35)18(2)28-26(33)24-22(36-3)9-6-10-23(24)37-4/h5-15,18H,16H2,1-4H3,(H,28,33). The molecule has 38 heavy (non-hydrogen) atoms. The zero-order chi connectivity index (χ0) is 27.2. The molecular formula is C27H27N5O5S. The highest BCUT2D eigenvalue weighted by Gasteiger charge is 2.25. The Morgan fingerprint density at radius 3 is 2.32 bits per heavy atom. The number of hydrogen-bond acceptors (Lipinski definition) is 8. The Morgan fingerprint density at radius 2 is 1.71 bits per heavy atom. The Labute approximate surface area is 224 Å². The normalized spacial score (nSPS) is 11.6. The number of ether oxygens (including phenoxy) is 2. The minimum Gasteiger partial charge on any atom is -0.496 e. The topological polar surface area (TPSA) is 121 Å². The number of aryl methyl sites for hydroxylation is 1. The summed E-state index contributed by atoms with van der Waals surface area (Å²) >= 11 is 1.48. The number of methoxy groups -OCH3 is 2. The third-order valence-electron chi connectivity index (χ3n) is 5.82. The van der Waals surface area contributed by atoms with Crippen molar-refractivity contribution < 1.29 is 19.2 Å². The van der Waals surface area contributed by atoms with Crippen LogP contribution < -0.4 is 14.8 Å². The molecule has 1 unspecified atom stereocenters. The first-order chi connectivity index (χ1) is 18.3. The molecule has 4 rings (SSSR count). The van der Waals surface area contributed by atoms with Crippen LogP contribution in [0.4, 0.5) is 5.69 Å². The van der Waals surface area contributed by atoms with Crippen molar-refractivity contribution in [2.45, 2.75) is 30.8 Å². The van der Waals surface area contributed by atoms with Gasteiger partial charge in [0.1, 0.15) is 17.1 Å². The SMILES string of the molecule is COc1cccc(OC)c1C(=O)NC(C)c1nnc(SCc2cccc(C)c2)n1-c1ccc([N+](=O)[O-])cc1. The number of nitrogens with one attached hydrogen (secondary N) is 1. The third kappa shape index (κ3) is 5.78. The number of aromatic nitrogens is 3. The van der Waals surface area contributed by atoms with Crippen LogP contribution in [0.2, 0.25) is 0 Å². The van der Waals surface area contributed by atoms with E-state index in [1.807, 2.05) is 25.1 Å². The van der Waals surface area contributed by atoms with Crippen LogP contribution in [-0.4, -0.2) is 39.8 Å². The molecule has 4 aromatic rings. The monoisotopic (exact) mass is 533 g/mol. The molecule has 0 fully saturated rings. The summed E-state index contributed by atoms with van der Waals surface area (Å²) in [4.78, 5) is 24.0. The van der Waals surface area contributed by atoms with Gasteiger partial charge in [-0.05, 0) is 43.7 Å². The smallest absolute Gasteiger partial charge is 0.269 e. The van der Waals surface area contributed by atoms with Crippen molar-refractivity contribution in [2.75, 3.05) is 14.2 Å². The first kappa shape index (κ1) is 26.7. The molecule has 196 valence electrons. The van der Waals surface area contributed by atoms with Crippen molar-refractivity contribution in [2.24, 2.45) is 0 Å². The Kier molecular flexibility index (Phi) is 8.27. The van der Waals surface area contributed by atoms with Gasteiger partial charge in [0.2, 0.25) is 0 Å². The second-order valence-electron chi connectivity index (χ2n) is 8.46. The summed E-state index contributed by atoms with van der Waals surface area (Å²) in [7, 11) is 2.97. The van der Waals surface area contributed by atoms with Crippen molar-refractivity contribution in [3.8, 4) is 17.2 Å². The number of carbonyl (C=O) groups is 1. The first-order valence-electron chi connectivity index (χ1n) is 11.7. The van der Waals surface area contributed by atoms with Gasteiger partial charge in [-0.1, -0.05) is 47.7 Å². The van der Waals surface area contributed by atoms with Gasteiger partial charge in [0, 0.05) is 23.6 Å². The van der Waals surface area contributed by atoms with E-state index in [0.29, 0.717) is 33.9 Å². The van der Waals surface area contributed by atoms with Crippen molar-refractivity contribution in [1.82, 2.24) is 20.1 Å². The number of rotatable bonds is 10.